The molecule has 0 bridgehead atoms. The van der Waals surface area contributed by atoms with Gasteiger partial charge in [-0.15, -0.1) is 0 Å². The molecule has 0 aromatic heterocycles. The largest absolute Gasteiger partial charge is 0.497 e. The van der Waals surface area contributed by atoms with Crippen LogP contribution in [0.4, 0.5) is 0 Å². The normalized spacial score (nSPS) is 10.5. The molecule has 0 N–H and O–H groups in total. The van der Waals surface area contributed by atoms with E-state index in [1.165, 1.54) is 11.1 Å². The Morgan fingerprint density at radius 3 is 1.59 bits per heavy atom. The SMILES string of the molecule is C=CSN(Cc1ccc(OC)cc1)Cc1ccc(OC)cc1. The highest BCUT2D eigenvalue weighted by atomic mass is 32.2. The van der Waals surface area contributed by atoms with Crippen LogP contribution in [0.5, 0.6) is 11.5 Å². The van der Waals surface area contributed by atoms with Gasteiger partial charge in [-0.25, -0.2) is 4.31 Å². The second-order valence-electron chi connectivity index (χ2n) is 4.77. The lowest BCUT2D eigenvalue weighted by atomic mass is 10.2. The fraction of sp³-hybridized carbons (Fsp3) is 0.222. The highest BCUT2D eigenvalue weighted by Gasteiger charge is 2.07. The smallest absolute Gasteiger partial charge is 0.118 e. The highest BCUT2D eigenvalue weighted by Crippen LogP contribution is 2.22. The summed E-state index contributed by atoms with van der Waals surface area (Å²) in [5, 5.41) is 1.85. The quantitative estimate of drug-likeness (QED) is 0.669. The van der Waals surface area contributed by atoms with Crippen molar-refractivity contribution in [2.45, 2.75) is 13.1 Å². The van der Waals surface area contributed by atoms with Crippen LogP contribution < -0.4 is 9.47 Å². The number of rotatable bonds is 8. The predicted octanol–water partition coefficient (Wildman–Crippen LogP) is 4.50. The van der Waals surface area contributed by atoms with Gasteiger partial charge in [0, 0.05) is 13.1 Å². The van der Waals surface area contributed by atoms with Crippen LogP contribution in [-0.2, 0) is 13.1 Å². The van der Waals surface area contributed by atoms with Crippen molar-refractivity contribution < 1.29 is 9.47 Å². The van der Waals surface area contributed by atoms with Gasteiger partial charge in [0.25, 0.3) is 0 Å². The Hall–Kier alpha value is -1.91. The van der Waals surface area contributed by atoms with Crippen molar-refractivity contribution in [2.75, 3.05) is 14.2 Å². The minimum atomic E-state index is 0.840. The summed E-state index contributed by atoms with van der Waals surface area (Å²) in [6, 6.07) is 16.3. The number of hydrogen-bond acceptors (Lipinski definition) is 4. The van der Waals surface area contributed by atoms with Crippen molar-refractivity contribution in [1.82, 2.24) is 4.31 Å². The summed E-state index contributed by atoms with van der Waals surface area (Å²) in [5.74, 6) is 1.75. The summed E-state index contributed by atoms with van der Waals surface area (Å²) in [5.41, 5.74) is 2.48. The molecule has 0 heterocycles. The van der Waals surface area contributed by atoms with Crippen LogP contribution in [0.2, 0.25) is 0 Å². The fourth-order valence-electron chi connectivity index (χ4n) is 2.11. The highest BCUT2D eigenvalue weighted by molar-refractivity contribution is 7.99. The molecule has 3 nitrogen and oxygen atoms in total. The van der Waals surface area contributed by atoms with Crippen LogP contribution in [0, 0.1) is 0 Å². The van der Waals surface area contributed by atoms with Crippen molar-refractivity contribution in [2.24, 2.45) is 0 Å². The summed E-state index contributed by atoms with van der Waals surface area (Å²) in [4.78, 5) is 0. The molecule has 0 radical (unpaired) electrons. The molecule has 2 rings (SSSR count). The van der Waals surface area contributed by atoms with Gasteiger partial charge in [0.05, 0.1) is 14.2 Å². The zero-order valence-electron chi connectivity index (χ0n) is 13.0. The molecule has 0 aliphatic rings. The van der Waals surface area contributed by atoms with Gasteiger partial charge in [-0.1, -0.05) is 42.8 Å². The van der Waals surface area contributed by atoms with Crippen molar-refractivity contribution in [3.05, 3.63) is 71.6 Å². The summed E-state index contributed by atoms with van der Waals surface area (Å²) < 4.78 is 12.6. The lowest BCUT2D eigenvalue weighted by molar-refractivity contribution is 0.413. The van der Waals surface area contributed by atoms with Gasteiger partial charge in [-0.05, 0) is 40.8 Å². The van der Waals surface area contributed by atoms with Gasteiger partial charge in [-0.3, -0.25) is 0 Å². The van der Waals surface area contributed by atoms with E-state index in [0.29, 0.717) is 0 Å². The third-order valence-electron chi connectivity index (χ3n) is 3.26. The Morgan fingerprint density at radius 2 is 1.27 bits per heavy atom. The van der Waals surface area contributed by atoms with Crippen LogP contribution in [0.25, 0.3) is 0 Å². The number of methoxy groups -OCH3 is 2. The molecule has 2 aromatic rings. The molecule has 22 heavy (non-hydrogen) atoms. The molecular formula is C18H21NO2S. The maximum atomic E-state index is 5.19. The fourth-order valence-corrected chi connectivity index (χ4v) is 2.76. The lowest BCUT2D eigenvalue weighted by Gasteiger charge is -2.19. The molecule has 2 aromatic carbocycles. The van der Waals surface area contributed by atoms with E-state index in [0.717, 1.165) is 24.6 Å². The monoisotopic (exact) mass is 315 g/mol. The van der Waals surface area contributed by atoms with Gasteiger partial charge in [-0.2, -0.15) is 0 Å². The van der Waals surface area contributed by atoms with E-state index in [2.05, 4.69) is 35.1 Å². The predicted molar refractivity (Wildman–Crippen MR) is 93.0 cm³/mol. The Bertz CT molecular complexity index is 532. The molecular weight excluding hydrogens is 294 g/mol. The minimum absolute atomic E-state index is 0.840. The van der Waals surface area contributed by atoms with E-state index in [9.17, 15) is 0 Å². The van der Waals surface area contributed by atoms with Gasteiger partial charge in [0.1, 0.15) is 11.5 Å². The number of nitrogens with zero attached hydrogens (tertiary/aromatic N) is 1. The van der Waals surface area contributed by atoms with Gasteiger partial charge in [0.15, 0.2) is 0 Å². The molecule has 0 atom stereocenters. The van der Waals surface area contributed by atoms with Crippen LogP contribution >= 0.6 is 11.9 Å². The third-order valence-corrected chi connectivity index (χ3v) is 3.96. The molecule has 0 amide bonds. The van der Waals surface area contributed by atoms with Gasteiger partial charge in [0.2, 0.25) is 0 Å². The summed E-state index contributed by atoms with van der Waals surface area (Å²) in [6.45, 7) is 5.50. The molecule has 4 heteroatoms. The maximum absolute atomic E-state index is 5.19. The Morgan fingerprint density at radius 1 is 0.864 bits per heavy atom. The zero-order valence-corrected chi connectivity index (χ0v) is 13.8. The van der Waals surface area contributed by atoms with Crippen molar-refractivity contribution in [3.8, 4) is 11.5 Å². The van der Waals surface area contributed by atoms with E-state index in [4.69, 9.17) is 9.47 Å². The van der Waals surface area contributed by atoms with Crippen molar-refractivity contribution in [1.29, 1.82) is 0 Å². The van der Waals surface area contributed by atoms with Crippen molar-refractivity contribution in [3.63, 3.8) is 0 Å². The van der Waals surface area contributed by atoms with E-state index in [1.54, 1.807) is 26.2 Å². The van der Waals surface area contributed by atoms with E-state index in [1.807, 2.05) is 29.7 Å². The zero-order chi connectivity index (χ0) is 15.8. The van der Waals surface area contributed by atoms with Crippen LogP contribution in [0.3, 0.4) is 0 Å². The molecule has 116 valence electrons. The summed E-state index contributed by atoms with van der Waals surface area (Å²) >= 11 is 1.62. The second kappa shape index (κ2) is 8.51. The summed E-state index contributed by atoms with van der Waals surface area (Å²) in [7, 11) is 3.36. The topological polar surface area (TPSA) is 21.7 Å². The average molecular weight is 315 g/mol. The molecule has 0 unspecified atom stereocenters. The summed E-state index contributed by atoms with van der Waals surface area (Å²) in [6.07, 6.45) is 0. The average Bonchev–Trinajstić information content (AvgIpc) is 2.56. The van der Waals surface area contributed by atoms with Gasteiger partial charge >= 0.3 is 0 Å². The number of ether oxygens (including phenoxy) is 2. The first kappa shape index (κ1) is 16.5. The maximum Gasteiger partial charge on any atom is 0.118 e. The molecule has 0 saturated heterocycles. The van der Waals surface area contributed by atoms with Crippen molar-refractivity contribution >= 4 is 11.9 Å². The Balaban J connectivity index is 2.02. The van der Waals surface area contributed by atoms with E-state index < -0.39 is 0 Å². The number of hydrogen-bond donors (Lipinski definition) is 0. The minimum Gasteiger partial charge on any atom is -0.497 e. The standard InChI is InChI=1S/C18H21NO2S/c1-4-22-19(13-15-5-9-17(20-2)10-6-15)14-16-7-11-18(21-3)12-8-16/h4-12H,1,13-14H2,2-3H3. The molecule has 0 aliphatic heterocycles. The van der Waals surface area contributed by atoms with Crippen LogP contribution in [0.15, 0.2) is 60.5 Å². The molecule has 0 spiro atoms. The molecule has 0 saturated carbocycles. The second-order valence-corrected chi connectivity index (χ2v) is 5.83. The third kappa shape index (κ3) is 4.83. The first-order valence-corrected chi connectivity index (χ1v) is 7.87. The van der Waals surface area contributed by atoms with Crippen LogP contribution in [0.1, 0.15) is 11.1 Å². The molecule has 0 aliphatic carbocycles. The Labute approximate surface area is 136 Å². The Kier molecular flexibility index (Phi) is 6.37. The van der Waals surface area contributed by atoms with E-state index >= 15 is 0 Å². The van der Waals surface area contributed by atoms with Gasteiger partial charge < -0.3 is 9.47 Å². The molecule has 0 fully saturated rings. The number of benzene rings is 2. The van der Waals surface area contributed by atoms with E-state index in [-0.39, 0.29) is 0 Å². The lowest BCUT2D eigenvalue weighted by Crippen LogP contribution is -2.14. The first-order valence-electron chi connectivity index (χ1n) is 7.03. The van der Waals surface area contributed by atoms with Crippen LogP contribution in [-0.4, -0.2) is 18.5 Å². The first-order chi connectivity index (χ1) is 10.7.